The van der Waals surface area contributed by atoms with Gasteiger partial charge in [-0.2, -0.15) is 0 Å². The molecule has 0 aliphatic heterocycles. The maximum absolute atomic E-state index is 13.7. The molecular formula is C19H29FO2. The number of rotatable bonds is 12. The Balaban J connectivity index is 2.09. The third-order valence-corrected chi connectivity index (χ3v) is 4.10. The minimum atomic E-state index is -1.08. The molecule has 0 fully saturated rings. The van der Waals surface area contributed by atoms with Crippen LogP contribution in [-0.4, -0.2) is 11.1 Å². The Bertz CT molecular complexity index is 443. The van der Waals surface area contributed by atoms with Crippen molar-refractivity contribution in [2.75, 3.05) is 0 Å². The molecule has 0 radical (unpaired) electrons. The largest absolute Gasteiger partial charge is 0.478 e. The first-order chi connectivity index (χ1) is 10.6. The molecule has 1 N–H and O–H groups in total. The van der Waals surface area contributed by atoms with Crippen LogP contribution in [0.5, 0.6) is 0 Å². The number of carboxylic acids is 1. The van der Waals surface area contributed by atoms with Gasteiger partial charge >= 0.3 is 5.97 Å². The predicted octanol–water partition coefficient (Wildman–Crippen LogP) is 5.99. The Hall–Kier alpha value is -1.38. The van der Waals surface area contributed by atoms with E-state index in [0.29, 0.717) is 12.0 Å². The van der Waals surface area contributed by atoms with Crippen LogP contribution < -0.4 is 0 Å². The standard InChI is InChI=1S/C19H29FO2/c1-2-3-4-5-6-7-8-9-10-11-12-16-13-14-17(19(21)22)15-18(16)20/h13-15H,2-12H2,1H3,(H,21,22). The number of halogens is 1. The highest BCUT2D eigenvalue weighted by atomic mass is 19.1. The number of aromatic carboxylic acids is 1. The molecule has 0 aromatic heterocycles. The Kier molecular flexibility index (Phi) is 9.52. The zero-order valence-electron chi connectivity index (χ0n) is 13.7. The number of carbonyl (C=O) groups is 1. The quantitative estimate of drug-likeness (QED) is 0.482. The van der Waals surface area contributed by atoms with E-state index in [1.807, 2.05) is 0 Å². The second-order valence-corrected chi connectivity index (χ2v) is 6.04. The molecule has 22 heavy (non-hydrogen) atoms. The minimum Gasteiger partial charge on any atom is -0.478 e. The SMILES string of the molecule is CCCCCCCCCCCCc1ccc(C(=O)O)cc1F. The first-order valence-electron chi connectivity index (χ1n) is 8.67. The van der Waals surface area contributed by atoms with Gasteiger partial charge in [-0.15, -0.1) is 0 Å². The van der Waals surface area contributed by atoms with Gasteiger partial charge in [0.1, 0.15) is 5.82 Å². The molecule has 0 amide bonds. The van der Waals surface area contributed by atoms with Crippen molar-refractivity contribution >= 4 is 5.97 Å². The summed E-state index contributed by atoms with van der Waals surface area (Å²) in [5, 5.41) is 8.80. The summed E-state index contributed by atoms with van der Waals surface area (Å²) in [5.41, 5.74) is 0.647. The van der Waals surface area contributed by atoms with E-state index in [0.717, 1.165) is 18.9 Å². The van der Waals surface area contributed by atoms with Crippen molar-refractivity contribution in [3.05, 3.63) is 35.1 Å². The molecule has 1 rings (SSSR count). The van der Waals surface area contributed by atoms with Gasteiger partial charge in [-0.1, -0.05) is 70.8 Å². The van der Waals surface area contributed by atoms with E-state index in [9.17, 15) is 9.18 Å². The summed E-state index contributed by atoms with van der Waals surface area (Å²) in [6.45, 7) is 2.23. The van der Waals surface area contributed by atoms with Crippen molar-refractivity contribution in [2.45, 2.75) is 77.6 Å². The van der Waals surface area contributed by atoms with Gasteiger partial charge in [0.05, 0.1) is 5.56 Å². The molecule has 3 heteroatoms. The first-order valence-corrected chi connectivity index (χ1v) is 8.67. The molecule has 0 unspecified atom stereocenters. The lowest BCUT2D eigenvalue weighted by molar-refractivity contribution is 0.0696. The number of hydrogen-bond donors (Lipinski definition) is 1. The molecule has 2 nitrogen and oxygen atoms in total. The predicted molar refractivity (Wildman–Crippen MR) is 88.9 cm³/mol. The summed E-state index contributed by atoms with van der Waals surface area (Å²) in [6.07, 6.45) is 13.3. The lowest BCUT2D eigenvalue weighted by Crippen LogP contribution is -1.99. The molecular weight excluding hydrogens is 279 g/mol. The van der Waals surface area contributed by atoms with E-state index in [1.165, 1.54) is 57.4 Å². The summed E-state index contributed by atoms with van der Waals surface area (Å²) < 4.78 is 13.7. The smallest absolute Gasteiger partial charge is 0.335 e. The number of hydrogen-bond acceptors (Lipinski definition) is 1. The van der Waals surface area contributed by atoms with Crippen molar-refractivity contribution in [3.63, 3.8) is 0 Å². The maximum Gasteiger partial charge on any atom is 0.335 e. The second kappa shape index (κ2) is 11.2. The molecule has 0 spiro atoms. The first kappa shape index (κ1) is 18.7. The monoisotopic (exact) mass is 308 g/mol. The van der Waals surface area contributed by atoms with Gasteiger partial charge in [0, 0.05) is 0 Å². The summed E-state index contributed by atoms with van der Waals surface area (Å²) in [7, 11) is 0. The number of benzene rings is 1. The van der Waals surface area contributed by atoms with E-state index in [-0.39, 0.29) is 5.56 Å². The van der Waals surface area contributed by atoms with Crippen molar-refractivity contribution in [2.24, 2.45) is 0 Å². The molecule has 0 bridgehead atoms. The molecule has 0 atom stereocenters. The van der Waals surface area contributed by atoms with Gasteiger partial charge in [-0.3, -0.25) is 0 Å². The lowest BCUT2D eigenvalue weighted by Gasteiger charge is -2.05. The minimum absolute atomic E-state index is 0.0179. The van der Waals surface area contributed by atoms with E-state index in [2.05, 4.69) is 6.92 Å². The van der Waals surface area contributed by atoms with Gasteiger partial charge in [0.25, 0.3) is 0 Å². The van der Waals surface area contributed by atoms with Gasteiger partial charge in [-0.05, 0) is 30.5 Å². The number of unbranched alkanes of at least 4 members (excludes halogenated alkanes) is 9. The van der Waals surface area contributed by atoms with Crippen LogP contribution in [0.3, 0.4) is 0 Å². The van der Waals surface area contributed by atoms with Crippen molar-refractivity contribution in [3.8, 4) is 0 Å². The molecule has 0 heterocycles. The van der Waals surface area contributed by atoms with Crippen LogP contribution >= 0.6 is 0 Å². The molecule has 124 valence electrons. The number of aryl methyl sites for hydroxylation is 1. The molecule has 0 saturated carbocycles. The van der Waals surface area contributed by atoms with E-state index in [1.54, 1.807) is 6.07 Å². The van der Waals surface area contributed by atoms with E-state index in [4.69, 9.17) is 5.11 Å². The highest BCUT2D eigenvalue weighted by molar-refractivity contribution is 5.87. The van der Waals surface area contributed by atoms with Gasteiger partial charge in [0.15, 0.2) is 0 Å². The topological polar surface area (TPSA) is 37.3 Å². The average Bonchev–Trinajstić information content (AvgIpc) is 2.50. The second-order valence-electron chi connectivity index (χ2n) is 6.04. The van der Waals surface area contributed by atoms with Crippen molar-refractivity contribution in [1.82, 2.24) is 0 Å². The Morgan fingerprint density at radius 3 is 2.00 bits per heavy atom. The van der Waals surface area contributed by atoms with Crippen LogP contribution in [0.1, 0.15) is 87.1 Å². The third-order valence-electron chi connectivity index (χ3n) is 4.10. The molecule has 0 aliphatic carbocycles. The molecule has 0 saturated heterocycles. The Labute approximate surface area is 133 Å². The zero-order valence-corrected chi connectivity index (χ0v) is 13.7. The lowest BCUT2D eigenvalue weighted by atomic mass is 10.0. The summed E-state index contributed by atoms with van der Waals surface area (Å²) in [4.78, 5) is 10.7. The molecule has 1 aromatic rings. The summed E-state index contributed by atoms with van der Waals surface area (Å²) >= 11 is 0. The van der Waals surface area contributed by atoms with Crippen LogP contribution in [0, 0.1) is 5.82 Å². The van der Waals surface area contributed by atoms with Crippen molar-refractivity contribution < 1.29 is 14.3 Å². The van der Waals surface area contributed by atoms with E-state index < -0.39 is 11.8 Å². The average molecular weight is 308 g/mol. The number of carboxylic acid groups (broad SMARTS) is 1. The fourth-order valence-electron chi connectivity index (χ4n) is 2.69. The van der Waals surface area contributed by atoms with Gasteiger partial charge < -0.3 is 5.11 Å². The zero-order chi connectivity index (χ0) is 16.2. The maximum atomic E-state index is 13.7. The van der Waals surface area contributed by atoms with Crippen LogP contribution in [0.15, 0.2) is 18.2 Å². The van der Waals surface area contributed by atoms with Crippen LogP contribution in [0.25, 0.3) is 0 Å². The summed E-state index contributed by atoms with van der Waals surface area (Å²) in [5.74, 6) is -1.47. The van der Waals surface area contributed by atoms with Crippen LogP contribution in [-0.2, 0) is 6.42 Å². The molecule has 1 aromatic carbocycles. The highest BCUT2D eigenvalue weighted by Crippen LogP contribution is 2.15. The van der Waals surface area contributed by atoms with Gasteiger partial charge in [-0.25, -0.2) is 9.18 Å². The van der Waals surface area contributed by atoms with Gasteiger partial charge in [0.2, 0.25) is 0 Å². The fraction of sp³-hybridized carbons (Fsp3) is 0.632. The highest BCUT2D eigenvalue weighted by Gasteiger charge is 2.07. The fourth-order valence-corrected chi connectivity index (χ4v) is 2.69. The normalized spacial score (nSPS) is 10.8. The molecule has 0 aliphatic rings. The van der Waals surface area contributed by atoms with Crippen LogP contribution in [0.2, 0.25) is 0 Å². The van der Waals surface area contributed by atoms with Crippen molar-refractivity contribution in [1.29, 1.82) is 0 Å². The Morgan fingerprint density at radius 2 is 1.50 bits per heavy atom. The Morgan fingerprint density at radius 1 is 0.955 bits per heavy atom. The van der Waals surface area contributed by atoms with E-state index >= 15 is 0 Å². The summed E-state index contributed by atoms with van der Waals surface area (Å²) in [6, 6.07) is 4.21. The van der Waals surface area contributed by atoms with Crippen LogP contribution in [0.4, 0.5) is 4.39 Å². The third kappa shape index (κ3) is 7.58.